The van der Waals surface area contributed by atoms with Crippen molar-refractivity contribution in [2.45, 2.75) is 6.54 Å². The zero-order valence-corrected chi connectivity index (χ0v) is 12.7. The third-order valence-electron chi connectivity index (χ3n) is 2.86. The molecular formula is C13H20N2O4S. The van der Waals surface area contributed by atoms with Crippen molar-refractivity contribution in [3.8, 4) is 0 Å². The molecule has 0 atom stereocenters. The van der Waals surface area contributed by atoms with Crippen LogP contribution in [0.2, 0.25) is 0 Å². The van der Waals surface area contributed by atoms with Crippen LogP contribution in [-0.4, -0.2) is 52.0 Å². The highest BCUT2D eigenvalue weighted by Gasteiger charge is 2.16. The highest BCUT2D eigenvalue weighted by atomic mass is 32.2. The molecule has 0 aliphatic heterocycles. The lowest BCUT2D eigenvalue weighted by Crippen LogP contribution is -2.26. The fourth-order valence-corrected chi connectivity index (χ4v) is 2.44. The van der Waals surface area contributed by atoms with Crippen LogP contribution in [0.15, 0.2) is 18.2 Å². The van der Waals surface area contributed by atoms with E-state index in [-0.39, 0.29) is 5.75 Å². The van der Waals surface area contributed by atoms with E-state index in [1.54, 1.807) is 25.2 Å². The van der Waals surface area contributed by atoms with Crippen LogP contribution in [0.3, 0.4) is 0 Å². The normalized spacial score (nSPS) is 11.6. The molecule has 1 rings (SSSR count). The summed E-state index contributed by atoms with van der Waals surface area (Å²) < 4.78 is 27.0. The Morgan fingerprint density at radius 2 is 2.05 bits per heavy atom. The Balaban J connectivity index is 2.87. The van der Waals surface area contributed by atoms with Gasteiger partial charge < -0.3 is 15.4 Å². The number of sulfone groups is 1. The summed E-state index contributed by atoms with van der Waals surface area (Å²) in [5.74, 6) is -0.422. The number of benzene rings is 1. The molecule has 112 valence electrons. The molecule has 0 saturated carbocycles. The minimum absolute atomic E-state index is 0.0688. The number of esters is 1. The number of hydrogen-bond acceptors (Lipinski definition) is 6. The largest absolute Gasteiger partial charge is 0.465 e. The smallest absolute Gasteiger partial charge is 0.340 e. The highest BCUT2D eigenvalue weighted by molar-refractivity contribution is 7.90. The van der Waals surface area contributed by atoms with Gasteiger partial charge in [-0.05, 0) is 18.7 Å². The summed E-state index contributed by atoms with van der Waals surface area (Å²) in [5, 5.41) is 0. The molecule has 2 N–H and O–H groups in total. The molecule has 0 amide bonds. The number of carbonyl (C=O) groups is 1. The highest BCUT2D eigenvalue weighted by Crippen LogP contribution is 2.19. The Kier molecular flexibility index (Phi) is 5.52. The first-order chi connectivity index (χ1) is 9.24. The Bertz CT molecular complexity index is 584. The SMILES string of the molecule is COC(=O)c1c(N)cccc1CN(C)CCS(C)(=O)=O. The maximum Gasteiger partial charge on any atom is 0.340 e. The van der Waals surface area contributed by atoms with Crippen LogP contribution >= 0.6 is 0 Å². The number of anilines is 1. The van der Waals surface area contributed by atoms with Crippen LogP contribution in [0.4, 0.5) is 5.69 Å². The van der Waals surface area contributed by atoms with Crippen LogP contribution in [0.5, 0.6) is 0 Å². The molecule has 6 nitrogen and oxygen atoms in total. The average Bonchev–Trinajstić information content (AvgIpc) is 2.35. The van der Waals surface area contributed by atoms with Gasteiger partial charge in [0.1, 0.15) is 9.84 Å². The van der Waals surface area contributed by atoms with Gasteiger partial charge >= 0.3 is 5.97 Å². The van der Waals surface area contributed by atoms with Crippen LogP contribution < -0.4 is 5.73 Å². The molecule has 20 heavy (non-hydrogen) atoms. The molecule has 0 aromatic heterocycles. The maximum atomic E-state index is 11.7. The second-order valence-corrected chi connectivity index (χ2v) is 7.00. The average molecular weight is 300 g/mol. The standard InChI is InChI=1S/C13H20N2O4S/c1-15(7-8-20(3,17)18)9-10-5-4-6-11(14)12(10)13(16)19-2/h4-6H,7-9,14H2,1-3H3. The molecule has 0 saturated heterocycles. The van der Waals surface area contributed by atoms with Gasteiger partial charge in [0.05, 0.1) is 18.4 Å². The molecule has 0 unspecified atom stereocenters. The first kappa shape index (κ1) is 16.5. The molecule has 0 aliphatic rings. The quantitative estimate of drug-likeness (QED) is 0.609. The molecule has 0 aliphatic carbocycles. The lowest BCUT2D eigenvalue weighted by Gasteiger charge is -2.18. The number of nitrogens with two attached hydrogens (primary N) is 1. The minimum Gasteiger partial charge on any atom is -0.465 e. The molecule has 1 aromatic rings. The van der Waals surface area contributed by atoms with Crippen molar-refractivity contribution in [1.29, 1.82) is 0 Å². The summed E-state index contributed by atoms with van der Waals surface area (Å²) in [6.07, 6.45) is 1.20. The van der Waals surface area contributed by atoms with Gasteiger partial charge in [0.2, 0.25) is 0 Å². The number of carbonyl (C=O) groups excluding carboxylic acids is 1. The summed E-state index contributed by atoms with van der Waals surface area (Å²) in [4.78, 5) is 13.6. The van der Waals surface area contributed by atoms with Crippen molar-refractivity contribution in [1.82, 2.24) is 4.90 Å². The van der Waals surface area contributed by atoms with E-state index in [0.717, 1.165) is 0 Å². The van der Waals surface area contributed by atoms with E-state index in [1.165, 1.54) is 13.4 Å². The van der Waals surface area contributed by atoms with E-state index in [1.807, 2.05) is 4.90 Å². The van der Waals surface area contributed by atoms with Crippen LogP contribution in [0.1, 0.15) is 15.9 Å². The number of ether oxygens (including phenoxy) is 1. The molecule has 1 aromatic carbocycles. The second-order valence-electron chi connectivity index (χ2n) is 4.74. The van der Waals surface area contributed by atoms with Crippen molar-refractivity contribution in [2.75, 3.05) is 38.4 Å². The van der Waals surface area contributed by atoms with Gasteiger partial charge in [-0.2, -0.15) is 0 Å². The van der Waals surface area contributed by atoms with Crippen molar-refractivity contribution in [3.05, 3.63) is 29.3 Å². The van der Waals surface area contributed by atoms with Gasteiger partial charge in [-0.1, -0.05) is 12.1 Å². The fourth-order valence-electron chi connectivity index (χ4n) is 1.79. The minimum atomic E-state index is -3.01. The number of methoxy groups -OCH3 is 1. The van der Waals surface area contributed by atoms with Gasteiger partial charge in [0, 0.05) is 25.0 Å². The van der Waals surface area contributed by atoms with E-state index in [9.17, 15) is 13.2 Å². The first-order valence-corrected chi connectivity index (χ1v) is 8.12. The van der Waals surface area contributed by atoms with Gasteiger partial charge in [-0.25, -0.2) is 13.2 Å². The van der Waals surface area contributed by atoms with E-state index >= 15 is 0 Å². The first-order valence-electron chi connectivity index (χ1n) is 6.06. The summed E-state index contributed by atoms with van der Waals surface area (Å²) in [6, 6.07) is 5.16. The van der Waals surface area contributed by atoms with Crippen molar-refractivity contribution < 1.29 is 17.9 Å². The number of rotatable bonds is 6. The third-order valence-corrected chi connectivity index (χ3v) is 3.78. The summed E-state index contributed by atoms with van der Waals surface area (Å²) in [5.41, 5.74) is 7.20. The van der Waals surface area contributed by atoms with E-state index in [2.05, 4.69) is 0 Å². The zero-order valence-electron chi connectivity index (χ0n) is 11.9. The Morgan fingerprint density at radius 1 is 1.40 bits per heavy atom. The summed E-state index contributed by atoms with van der Waals surface area (Å²) in [7, 11) is 0.0759. The third kappa shape index (κ3) is 4.82. The van der Waals surface area contributed by atoms with Crippen molar-refractivity contribution >= 4 is 21.5 Å². The predicted octanol–water partition coefficient (Wildman–Crippen LogP) is 0.532. The van der Waals surface area contributed by atoms with Crippen molar-refractivity contribution in [3.63, 3.8) is 0 Å². The molecule has 7 heteroatoms. The van der Waals surface area contributed by atoms with E-state index in [4.69, 9.17) is 10.5 Å². The molecule has 0 spiro atoms. The van der Waals surface area contributed by atoms with Gasteiger partial charge in [0.25, 0.3) is 0 Å². The monoisotopic (exact) mass is 300 g/mol. The second kappa shape index (κ2) is 6.71. The lowest BCUT2D eigenvalue weighted by molar-refractivity contribution is 0.0600. The van der Waals surface area contributed by atoms with Gasteiger partial charge in [-0.15, -0.1) is 0 Å². The van der Waals surface area contributed by atoms with E-state index in [0.29, 0.717) is 29.9 Å². The number of hydrogen-bond donors (Lipinski definition) is 1. The molecule has 0 fully saturated rings. The van der Waals surface area contributed by atoms with Gasteiger partial charge in [0.15, 0.2) is 0 Å². The van der Waals surface area contributed by atoms with Crippen LogP contribution in [0, 0.1) is 0 Å². The lowest BCUT2D eigenvalue weighted by atomic mass is 10.1. The van der Waals surface area contributed by atoms with Crippen molar-refractivity contribution in [2.24, 2.45) is 0 Å². The molecule has 0 bridgehead atoms. The molecular weight excluding hydrogens is 280 g/mol. The summed E-state index contributed by atoms with van der Waals surface area (Å²) >= 11 is 0. The molecule has 0 heterocycles. The van der Waals surface area contributed by atoms with Gasteiger partial charge in [-0.3, -0.25) is 0 Å². The van der Waals surface area contributed by atoms with Crippen LogP contribution in [0.25, 0.3) is 0 Å². The fraction of sp³-hybridized carbons (Fsp3) is 0.462. The number of nitrogen functional groups attached to an aromatic ring is 1. The maximum absolute atomic E-state index is 11.7. The summed E-state index contributed by atoms with van der Waals surface area (Å²) in [6.45, 7) is 0.805. The Morgan fingerprint density at radius 3 is 2.60 bits per heavy atom. The van der Waals surface area contributed by atoms with Crippen LogP contribution in [-0.2, 0) is 21.1 Å². The predicted molar refractivity (Wildman–Crippen MR) is 78.2 cm³/mol. The topological polar surface area (TPSA) is 89.7 Å². The Hall–Kier alpha value is -1.60. The molecule has 0 radical (unpaired) electrons. The zero-order chi connectivity index (χ0) is 15.3. The Labute approximate surface area is 119 Å². The van der Waals surface area contributed by atoms with E-state index < -0.39 is 15.8 Å². The number of nitrogens with zero attached hydrogens (tertiary/aromatic N) is 1.